The summed E-state index contributed by atoms with van der Waals surface area (Å²) in [6.07, 6.45) is 11.7. The summed E-state index contributed by atoms with van der Waals surface area (Å²) in [6, 6.07) is 16.6. The van der Waals surface area contributed by atoms with Crippen LogP contribution >= 0.6 is 0 Å². The van der Waals surface area contributed by atoms with Gasteiger partial charge >= 0.3 is 5.97 Å². The van der Waals surface area contributed by atoms with Crippen molar-refractivity contribution in [2.24, 2.45) is 0 Å². The number of nitrogens with one attached hydrogen (secondary N) is 1. The van der Waals surface area contributed by atoms with Gasteiger partial charge in [-0.25, -0.2) is 0 Å². The highest BCUT2D eigenvalue weighted by Gasteiger charge is 2.40. The number of hydrogen-bond donors (Lipinski definition) is 2. The highest BCUT2D eigenvalue weighted by Crippen LogP contribution is 2.32. The number of hydrogen-bond acceptors (Lipinski definition) is 5. The van der Waals surface area contributed by atoms with Crippen molar-refractivity contribution in [3.05, 3.63) is 66.2 Å². The van der Waals surface area contributed by atoms with Crippen molar-refractivity contribution >= 4 is 17.6 Å². The summed E-state index contributed by atoms with van der Waals surface area (Å²) < 4.78 is 12.9. The molecule has 2 aromatic carbocycles. The molecule has 2 aromatic rings. The quantitative estimate of drug-likeness (QED) is 0.323. The van der Waals surface area contributed by atoms with Crippen LogP contribution in [0.3, 0.4) is 0 Å². The van der Waals surface area contributed by atoms with Crippen molar-refractivity contribution in [3.8, 4) is 11.1 Å². The molecule has 0 spiro atoms. The van der Waals surface area contributed by atoms with Crippen LogP contribution < -0.4 is 5.32 Å². The summed E-state index contributed by atoms with van der Waals surface area (Å²) in [6.45, 7) is 4.77. The van der Waals surface area contributed by atoms with Crippen LogP contribution in [-0.2, 0) is 25.7 Å². The standard InChI is InChI=1S/C32H42N2O5/c1-24(35)33-28-16-14-27(15-17-28)26-12-10-25(11-13-26)23-39-30-19-18-29(34-20-6-2-3-7-21-34)32(30)38-22-8-4-5-9-31(36)37/h4,8,10-17,29-30,32H,2-3,5-7,9,18-23H2,1H3,(H,33,35)(H,36,37)/t29-,30+,32+/m0/s1. The van der Waals surface area contributed by atoms with Crippen LogP contribution in [0.15, 0.2) is 60.7 Å². The minimum absolute atomic E-state index is 0.00798. The largest absolute Gasteiger partial charge is 0.481 e. The van der Waals surface area contributed by atoms with E-state index in [-0.39, 0.29) is 24.5 Å². The van der Waals surface area contributed by atoms with E-state index in [0.717, 1.165) is 48.3 Å². The van der Waals surface area contributed by atoms with Gasteiger partial charge in [0, 0.05) is 25.1 Å². The van der Waals surface area contributed by atoms with Gasteiger partial charge in [0.2, 0.25) is 5.91 Å². The average molecular weight is 535 g/mol. The fourth-order valence-corrected chi connectivity index (χ4v) is 5.63. The minimum atomic E-state index is -0.779. The van der Waals surface area contributed by atoms with Crippen LogP contribution in [0, 0.1) is 0 Å². The second-order valence-electron chi connectivity index (χ2n) is 10.6. The number of rotatable bonds is 12. The topological polar surface area (TPSA) is 88.1 Å². The molecule has 39 heavy (non-hydrogen) atoms. The van der Waals surface area contributed by atoms with E-state index in [4.69, 9.17) is 14.6 Å². The van der Waals surface area contributed by atoms with Crippen molar-refractivity contribution < 1.29 is 24.2 Å². The molecule has 1 amide bonds. The molecule has 1 saturated heterocycles. The van der Waals surface area contributed by atoms with E-state index >= 15 is 0 Å². The second kappa shape index (κ2) is 15.0. The third kappa shape index (κ3) is 9.02. The minimum Gasteiger partial charge on any atom is -0.481 e. The van der Waals surface area contributed by atoms with E-state index in [9.17, 15) is 9.59 Å². The number of carboxylic acid groups (broad SMARTS) is 1. The number of carbonyl (C=O) groups excluding carboxylic acids is 1. The monoisotopic (exact) mass is 534 g/mol. The third-order valence-corrected chi connectivity index (χ3v) is 7.64. The molecule has 1 aliphatic carbocycles. The van der Waals surface area contributed by atoms with Crippen LogP contribution in [-0.4, -0.2) is 59.8 Å². The van der Waals surface area contributed by atoms with Gasteiger partial charge in [-0.05, 0) is 74.0 Å². The third-order valence-electron chi connectivity index (χ3n) is 7.64. The van der Waals surface area contributed by atoms with Gasteiger partial charge in [-0.2, -0.15) is 0 Å². The smallest absolute Gasteiger partial charge is 0.303 e. The van der Waals surface area contributed by atoms with E-state index < -0.39 is 5.97 Å². The Morgan fingerprint density at radius 3 is 2.23 bits per heavy atom. The Bertz CT molecular complexity index is 1070. The summed E-state index contributed by atoms with van der Waals surface area (Å²) in [5, 5.41) is 11.6. The lowest BCUT2D eigenvalue weighted by molar-refractivity contribution is -0.136. The lowest BCUT2D eigenvalue weighted by atomic mass is 10.0. The van der Waals surface area contributed by atoms with Crippen molar-refractivity contribution in [3.63, 3.8) is 0 Å². The first-order valence-corrected chi connectivity index (χ1v) is 14.3. The highest BCUT2D eigenvalue weighted by atomic mass is 16.5. The Morgan fingerprint density at radius 2 is 1.59 bits per heavy atom. The lowest BCUT2D eigenvalue weighted by Gasteiger charge is -2.33. The summed E-state index contributed by atoms with van der Waals surface area (Å²) in [5.41, 5.74) is 4.13. The Kier molecular flexibility index (Phi) is 11.1. The number of amides is 1. The molecule has 3 atom stereocenters. The SMILES string of the molecule is CC(=O)Nc1ccc(-c2ccc(CO[C@@H]3CC[C@H](N4CCCCCC4)[C@H]3OCC=CCCC(=O)O)cc2)cc1. The molecule has 7 nitrogen and oxygen atoms in total. The molecule has 1 saturated carbocycles. The summed E-state index contributed by atoms with van der Waals surface area (Å²) in [5.74, 6) is -0.856. The Morgan fingerprint density at radius 1 is 0.923 bits per heavy atom. The average Bonchev–Trinajstić information content (AvgIpc) is 3.12. The number of carbonyl (C=O) groups is 2. The van der Waals surface area contributed by atoms with Crippen molar-refractivity contribution in [1.82, 2.24) is 4.90 Å². The number of benzene rings is 2. The molecule has 0 aromatic heterocycles. The second-order valence-corrected chi connectivity index (χ2v) is 10.6. The van der Waals surface area contributed by atoms with Crippen LogP contribution in [0.25, 0.3) is 11.1 Å². The van der Waals surface area contributed by atoms with Crippen molar-refractivity contribution in [2.45, 2.75) is 83.1 Å². The molecule has 1 heterocycles. The molecule has 0 bridgehead atoms. The van der Waals surface area contributed by atoms with E-state index in [2.05, 4.69) is 34.5 Å². The maximum atomic E-state index is 11.3. The van der Waals surface area contributed by atoms with Gasteiger partial charge in [0.05, 0.1) is 25.4 Å². The maximum Gasteiger partial charge on any atom is 0.303 e. The number of anilines is 1. The van der Waals surface area contributed by atoms with Gasteiger partial charge < -0.3 is 19.9 Å². The van der Waals surface area contributed by atoms with Crippen molar-refractivity contribution in [2.75, 3.05) is 25.0 Å². The fraction of sp³-hybridized carbons (Fsp3) is 0.500. The first-order chi connectivity index (χ1) is 19.0. The van der Waals surface area contributed by atoms with E-state index in [1.54, 1.807) is 0 Å². The molecule has 2 N–H and O–H groups in total. The Balaban J connectivity index is 1.34. The molecular weight excluding hydrogens is 492 g/mol. The molecule has 2 fully saturated rings. The molecule has 0 unspecified atom stereocenters. The predicted octanol–water partition coefficient (Wildman–Crippen LogP) is 6.04. The molecule has 0 radical (unpaired) electrons. The zero-order valence-electron chi connectivity index (χ0n) is 23.0. The number of ether oxygens (including phenoxy) is 2. The molecule has 2 aliphatic rings. The normalized spacial score (nSPS) is 22.1. The Hall–Kier alpha value is -3.00. The van der Waals surface area contributed by atoms with Gasteiger partial charge in [0.25, 0.3) is 0 Å². The zero-order chi connectivity index (χ0) is 27.5. The van der Waals surface area contributed by atoms with E-state index in [1.807, 2.05) is 36.4 Å². The predicted molar refractivity (Wildman–Crippen MR) is 154 cm³/mol. The number of allylic oxidation sites excluding steroid dienone is 1. The van der Waals surface area contributed by atoms with Crippen LogP contribution in [0.4, 0.5) is 5.69 Å². The van der Waals surface area contributed by atoms with Crippen LogP contribution in [0.1, 0.15) is 63.9 Å². The molecule has 210 valence electrons. The molecule has 4 rings (SSSR count). The number of nitrogens with zero attached hydrogens (tertiary/aromatic N) is 1. The van der Waals surface area contributed by atoms with Gasteiger partial charge in [-0.15, -0.1) is 0 Å². The van der Waals surface area contributed by atoms with Crippen LogP contribution in [0.2, 0.25) is 0 Å². The maximum absolute atomic E-state index is 11.3. The number of carboxylic acids is 1. The van der Waals surface area contributed by atoms with Gasteiger partial charge in [0.15, 0.2) is 0 Å². The molecular formula is C32H42N2O5. The lowest BCUT2D eigenvalue weighted by Crippen LogP contribution is -2.45. The van der Waals surface area contributed by atoms with Crippen molar-refractivity contribution in [1.29, 1.82) is 0 Å². The van der Waals surface area contributed by atoms with E-state index in [0.29, 0.717) is 25.7 Å². The van der Waals surface area contributed by atoms with Gasteiger partial charge in [-0.3, -0.25) is 14.5 Å². The Labute approximate surface area is 232 Å². The molecule has 7 heteroatoms. The summed E-state index contributed by atoms with van der Waals surface area (Å²) in [4.78, 5) is 24.6. The number of likely N-dealkylation sites (tertiary alicyclic amines) is 1. The van der Waals surface area contributed by atoms with Gasteiger partial charge in [0.1, 0.15) is 0 Å². The van der Waals surface area contributed by atoms with E-state index in [1.165, 1.54) is 32.6 Å². The van der Waals surface area contributed by atoms with Crippen LogP contribution in [0.5, 0.6) is 0 Å². The highest BCUT2D eigenvalue weighted by molar-refractivity contribution is 5.89. The zero-order valence-corrected chi connectivity index (χ0v) is 23.0. The summed E-state index contributed by atoms with van der Waals surface area (Å²) in [7, 11) is 0. The first-order valence-electron chi connectivity index (χ1n) is 14.3. The summed E-state index contributed by atoms with van der Waals surface area (Å²) >= 11 is 0. The fourth-order valence-electron chi connectivity index (χ4n) is 5.63. The first kappa shape index (κ1) is 29.0. The van der Waals surface area contributed by atoms with Gasteiger partial charge in [-0.1, -0.05) is 61.4 Å². The number of aliphatic carboxylic acids is 1. The molecule has 1 aliphatic heterocycles.